The van der Waals surface area contributed by atoms with Crippen molar-refractivity contribution in [1.82, 2.24) is 0 Å². The van der Waals surface area contributed by atoms with Gasteiger partial charge in [-0.05, 0) is 55.2 Å². The molecule has 0 N–H and O–H groups in total. The maximum atomic E-state index is 3.95. The van der Waals surface area contributed by atoms with E-state index < -0.39 is 0 Å². The number of aryl methyl sites for hydroxylation is 3. The predicted octanol–water partition coefficient (Wildman–Crippen LogP) is 5.53. The third-order valence-corrected chi connectivity index (χ3v) is 3.59. The van der Waals surface area contributed by atoms with Gasteiger partial charge in [-0.25, -0.2) is 0 Å². The lowest BCUT2D eigenvalue weighted by Crippen LogP contribution is -1.97. The number of hydrogen-bond acceptors (Lipinski definition) is 0. The molecule has 0 amide bonds. The molecular weight excluding hydrogens is 216 g/mol. The molecule has 18 heavy (non-hydrogen) atoms. The summed E-state index contributed by atoms with van der Waals surface area (Å²) in [7, 11) is 0. The molecule has 1 rings (SSSR count). The standard InChI is InChI=1S/C18H29/c1-4-7-10-16-13-14-17(11-8-5-2)18(15-16)12-9-6-3/h13-15H,2,4-12H2,1,3H3. The van der Waals surface area contributed by atoms with Crippen LogP contribution in [-0.2, 0) is 19.3 Å². The Morgan fingerprint density at radius 2 is 1.50 bits per heavy atom. The van der Waals surface area contributed by atoms with E-state index in [1.807, 2.05) is 0 Å². The van der Waals surface area contributed by atoms with Crippen LogP contribution >= 0.6 is 0 Å². The zero-order valence-corrected chi connectivity index (χ0v) is 12.3. The SMILES string of the molecule is [CH2]CCCc1ccc(CCCC)cc1CCCC. The van der Waals surface area contributed by atoms with Gasteiger partial charge >= 0.3 is 0 Å². The lowest BCUT2D eigenvalue weighted by Gasteiger charge is -2.11. The number of benzene rings is 1. The molecule has 0 aliphatic rings. The summed E-state index contributed by atoms with van der Waals surface area (Å²) < 4.78 is 0. The molecule has 0 aliphatic heterocycles. The van der Waals surface area contributed by atoms with E-state index in [1.54, 1.807) is 11.1 Å². The number of unbranched alkanes of at least 4 members (excludes halogenated alkanes) is 3. The molecule has 0 saturated heterocycles. The zero-order chi connectivity index (χ0) is 13.2. The molecule has 1 aromatic carbocycles. The summed E-state index contributed by atoms with van der Waals surface area (Å²) in [6.45, 7) is 8.49. The molecule has 0 heteroatoms. The predicted molar refractivity (Wildman–Crippen MR) is 82.0 cm³/mol. The Hall–Kier alpha value is -0.780. The molecular formula is C18H29. The topological polar surface area (TPSA) is 0 Å². The largest absolute Gasteiger partial charge is 0.0654 e. The highest BCUT2D eigenvalue weighted by Crippen LogP contribution is 2.18. The molecule has 0 spiro atoms. The van der Waals surface area contributed by atoms with Gasteiger partial charge in [0.15, 0.2) is 0 Å². The van der Waals surface area contributed by atoms with Crippen LogP contribution in [0.5, 0.6) is 0 Å². The maximum absolute atomic E-state index is 3.95. The molecule has 1 radical (unpaired) electrons. The Morgan fingerprint density at radius 1 is 0.833 bits per heavy atom. The highest BCUT2D eigenvalue weighted by molar-refractivity contribution is 5.32. The maximum Gasteiger partial charge on any atom is -0.0276 e. The van der Waals surface area contributed by atoms with Crippen molar-refractivity contribution in [3.63, 3.8) is 0 Å². The smallest absolute Gasteiger partial charge is 0.0276 e. The highest BCUT2D eigenvalue weighted by Gasteiger charge is 2.04. The molecule has 0 unspecified atom stereocenters. The second-order valence-electron chi connectivity index (χ2n) is 5.27. The zero-order valence-electron chi connectivity index (χ0n) is 12.3. The van der Waals surface area contributed by atoms with Crippen molar-refractivity contribution < 1.29 is 0 Å². The van der Waals surface area contributed by atoms with Gasteiger partial charge in [-0.15, -0.1) is 0 Å². The Labute approximate surface area is 114 Å². The molecule has 0 atom stereocenters. The molecule has 0 bridgehead atoms. The van der Waals surface area contributed by atoms with Crippen LogP contribution in [0.15, 0.2) is 18.2 Å². The Kier molecular flexibility index (Phi) is 7.80. The number of hydrogen-bond donors (Lipinski definition) is 0. The van der Waals surface area contributed by atoms with E-state index >= 15 is 0 Å². The second kappa shape index (κ2) is 9.19. The molecule has 0 aromatic heterocycles. The molecule has 0 heterocycles. The third kappa shape index (κ3) is 5.25. The van der Waals surface area contributed by atoms with Crippen molar-refractivity contribution in [2.45, 2.75) is 71.6 Å². The fourth-order valence-electron chi connectivity index (χ4n) is 2.37. The van der Waals surface area contributed by atoms with E-state index in [9.17, 15) is 0 Å². The second-order valence-corrected chi connectivity index (χ2v) is 5.27. The van der Waals surface area contributed by atoms with Crippen LogP contribution in [0.2, 0.25) is 0 Å². The van der Waals surface area contributed by atoms with Crippen LogP contribution in [0.25, 0.3) is 0 Å². The third-order valence-electron chi connectivity index (χ3n) is 3.59. The minimum atomic E-state index is 1.05. The first-order chi connectivity index (χ1) is 8.81. The Bertz CT molecular complexity index is 325. The van der Waals surface area contributed by atoms with Crippen LogP contribution in [-0.4, -0.2) is 0 Å². The molecule has 0 saturated carbocycles. The van der Waals surface area contributed by atoms with Gasteiger partial charge in [-0.3, -0.25) is 0 Å². The summed E-state index contributed by atoms with van der Waals surface area (Å²) in [5.41, 5.74) is 4.69. The van der Waals surface area contributed by atoms with Gasteiger partial charge in [0.25, 0.3) is 0 Å². The molecule has 0 nitrogen and oxygen atoms in total. The Balaban J connectivity index is 2.74. The normalized spacial score (nSPS) is 10.8. The van der Waals surface area contributed by atoms with E-state index in [1.165, 1.54) is 56.9 Å². The van der Waals surface area contributed by atoms with Gasteiger partial charge in [0.2, 0.25) is 0 Å². The van der Waals surface area contributed by atoms with E-state index in [-0.39, 0.29) is 0 Å². The monoisotopic (exact) mass is 245 g/mol. The highest BCUT2D eigenvalue weighted by atomic mass is 14.1. The lowest BCUT2D eigenvalue weighted by molar-refractivity contribution is 0.762. The van der Waals surface area contributed by atoms with Crippen molar-refractivity contribution in [3.05, 3.63) is 41.8 Å². The lowest BCUT2D eigenvalue weighted by atomic mass is 9.94. The summed E-state index contributed by atoms with van der Waals surface area (Å²) in [4.78, 5) is 0. The summed E-state index contributed by atoms with van der Waals surface area (Å²) in [5, 5.41) is 0. The van der Waals surface area contributed by atoms with E-state index in [0.29, 0.717) is 0 Å². The molecule has 101 valence electrons. The van der Waals surface area contributed by atoms with Gasteiger partial charge in [-0.2, -0.15) is 0 Å². The van der Waals surface area contributed by atoms with Gasteiger partial charge in [0.05, 0.1) is 0 Å². The minimum Gasteiger partial charge on any atom is -0.0654 e. The first kappa shape index (κ1) is 15.3. The average Bonchev–Trinajstić information content (AvgIpc) is 2.41. The first-order valence-corrected chi connectivity index (χ1v) is 7.71. The summed E-state index contributed by atoms with van der Waals surface area (Å²) in [5.74, 6) is 0. The van der Waals surface area contributed by atoms with Gasteiger partial charge in [0.1, 0.15) is 0 Å². The van der Waals surface area contributed by atoms with Crippen LogP contribution in [0.3, 0.4) is 0 Å². The van der Waals surface area contributed by atoms with E-state index in [2.05, 4.69) is 39.0 Å². The van der Waals surface area contributed by atoms with Gasteiger partial charge in [0, 0.05) is 0 Å². The van der Waals surface area contributed by atoms with Gasteiger partial charge in [-0.1, -0.05) is 58.2 Å². The fraction of sp³-hybridized carbons (Fsp3) is 0.611. The summed E-state index contributed by atoms with van der Waals surface area (Å²) >= 11 is 0. The van der Waals surface area contributed by atoms with E-state index in [0.717, 1.165) is 6.42 Å². The summed E-state index contributed by atoms with van der Waals surface area (Å²) in [6.07, 6.45) is 11.2. The van der Waals surface area contributed by atoms with Crippen molar-refractivity contribution in [1.29, 1.82) is 0 Å². The molecule has 0 fully saturated rings. The van der Waals surface area contributed by atoms with E-state index in [4.69, 9.17) is 0 Å². The molecule has 0 aliphatic carbocycles. The first-order valence-electron chi connectivity index (χ1n) is 7.71. The fourth-order valence-corrected chi connectivity index (χ4v) is 2.37. The van der Waals surface area contributed by atoms with Crippen LogP contribution in [0.1, 0.15) is 69.1 Å². The quantitative estimate of drug-likeness (QED) is 0.536. The van der Waals surface area contributed by atoms with Crippen LogP contribution < -0.4 is 0 Å². The average molecular weight is 245 g/mol. The minimum absolute atomic E-state index is 1.05. The van der Waals surface area contributed by atoms with Crippen molar-refractivity contribution in [2.75, 3.05) is 0 Å². The van der Waals surface area contributed by atoms with Crippen molar-refractivity contribution >= 4 is 0 Å². The van der Waals surface area contributed by atoms with Gasteiger partial charge < -0.3 is 0 Å². The molecule has 1 aromatic rings. The summed E-state index contributed by atoms with van der Waals surface area (Å²) in [6, 6.07) is 7.17. The Morgan fingerprint density at radius 3 is 2.17 bits per heavy atom. The van der Waals surface area contributed by atoms with Crippen molar-refractivity contribution in [2.24, 2.45) is 0 Å². The van der Waals surface area contributed by atoms with Crippen LogP contribution in [0.4, 0.5) is 0 Å². The van der Waals surface area contributed by atoms with Crippen molar-refractivity contribution in [3.8, 4) is 0 Å². The number of rotatable bonds is 9. The van der Waals surface area contributed by atoms with Crippen LogP contribution in [0, 0.1) is 6.92 Å².